The Balaban J connectivity index is 1.73. The molecule has 31 heavy (non-hydrogen) atoms. The molecule has 0 unspecified atom stereocenters. The van der Waals surface area contributed by atoms with Crippen molar-refractivity contribution >= 4 is 29.4 Å². The van der Waals surface area contributed by atoms with Crippen LogP contribution in [0.2, 0.25) is 0 Å². The minimum Gasteiger partial charge on any atom is -0.497 e. The Bertz CT molecular complexity index is 1190. The maximum Gasteiger partial charge on any atom is 0.335 e. The van der Waals surface area contributed by atoms with E-state index in [4.69, 9.17) is 9.84 Å². The van der Waals surface area contributed by atoms with Gasteiger partial charge >= 0.3 is 5.97 Å². The van der Waals surface area contributed by atoms with Crippen LogP contribution in [0.4, 0.5) is 0 Å². The zero-order valence-electron chi connectivity index (χ0n) is 16.7. The normalized spacial score (nSPS) is 14.5. The fourth-order valence-electron chi connectivity index (χ4n) is 3.49. The molecule has 1 aliphatic heterocycles. The lowest BCUT2D eigenvalue weighted by atomic mass is 9.91. The van der Waals surface area contributed by atoms with E-state index in [0.29, 0.717) is 28.0 Å². The lowest BCUT2D eigenvalue weighted by Gasteiger charge is -2.28. The number of rotatable bonds is 5. The predicted octanol–water partition coefficient (Wildman–Crippen LogP) is 4.12. The zero-order valence-corrected chi connectivity index (χ0v) is 16.7. The van der Waals surface area contributed by atoms with Crippen molar-refractivity contribution in [2.75, 3.05) is 7.11 Å². The molecule has 0 bridgehead atoms. The van der Waals surface area contributed by atoms with Gasteiger partial charge in [0.05, 0.1) is 19.2 Å². The number of aromatic carboxylic acids is 1. The number of hydrogen-bond donors (Lipinski definition) is 1. The van der Waals surface area contributed by atoms with Crippen LogP contribution < -0.4 is 4.74 Å². The van der Waals surface area contributed by atoms with Crippen LogP contribution in [0, 0.1) is 0 Å². The summed E-state index contributed by atoms with van der Waals surface area (Å²) in [6, 6.07) is 20.4. The van der Waals surface area contributed by atoms with Gasteiger partial charge in [-0.2, -0.15) is 0 Å². The minimum absolute atomic E-state index is 0.130. The molecule has 0 radical (unpaired) electrons. The number of carboxylic acids is 1. The maximum absolute atomic E-state index is 13.3. The molecule has 3 aromatic carbocycles. The summed E-state index contributed by atoms with van der Waals surface area (Å²) in [4.78, 5) is 38.7. The SMILES string of the molecule is COc1ccc(CN2C(=O)/C(=C/c3ccc(C(=O)O)cc3)c3ccccc3C2=O)cc1. The Morgan fingerprint density at radius 3 is 2.16 bits per heavy atom. The summed E-state index contributed by atoms with van der Waals surface area (Å²) in [5.74, 6) is -1.08. The fraction of sp³-hybridized carbons (Fsp3) is 0.0800. The molecule has 0 fully saturated rings. The number of carboxylic acid groups (broad SMARTS) is 1. The Kier molecular flexibility index (Phi) is 5.37. The maximum atomic E-state index is 13.3. The highest BCUT2D eigenvalue weighted by atomic mass is 16.5. The topological polar surface area (TPSA) is 83.9 Å². The molecule has 0 aliphatic carbocycles. The standard InChI is InChI=1S/C25H19NO5/c1-31-19-12-8-17(9-13-19)15-26-23(27)21-5-3-2-4-20(21)22(24(26)28)14-16-6-10-18(11-7-16)25(29)30/h2-14H,15H2,1H3,(H,29,30)/b22-14+. The molecule has 4 rings (SSSR count). The highest BCUT2D eigenvalue weighted by Gasteiger charge is 2.34. The van der Waals surface area contributed by atoms with Crippen LogP contribution in [0.1, 0.15) is 37.4 Å². The van der Waals surface area contributed by atoms with Crippen LogP contribution in [0.3, 0.4) is 0 Å². The molecule has 6 heteroatoms. The summed E-state index contributed by atoms with van der Waals surface area (Å²) in [6.07, 6.45) is 1.68. The van der Waals surface area contributed by atoms with Crippen molar-refractivity contribution in [2.24, 2.45) is 0 Å². The molecule has 3 aromatic rings. The molecule has 1 aliphatic rings. The van der Waals surface area contributed by atoms with E-state index in [1.54, 1.807) is 61.7 Å². The van der Waals surface area contributed by atoms with Crippen LogP contribution in [0.25, 0.3) is 11.6 Å². The Hall–Kier alpha value is -4.19. The number of carbonyl (C=O) groups is 3. The highest BCUT2D eigenvalue weighted by Crippen LogP contribution is 2.31. The van der Waals surface area contributed by atoms with Gasteiger partial charge in [0.25, 0.3) is 11.8 Å². The number of nitrogens with zero attached hydrogens (tertiary/aromatic N) is 1. The smallest absolute Gasteiger partial charge is 0.335 e. The molecule has 2 amide bonds. The molecule has 0 saturated heterocycles. The van der Waals surface area contributed by atoms with Crippen LogP contribution in [-0.2, 0) is 11.3 Å². The zero-order chi connectivity index (χ0) is 22.0. The molecular weight excluding hydrogens is 394 g/mol. The number of fused-ring (bicyclic) bond motifs is 1. The van der Waals surface area contributed by atoms with Crippen molar-refractivity contribution in [1.82, 2.24) is 4.90 Å². The molecule has 1 N–H and O–H groups in total. The third-order valence-electron chi connectivity index (χ3n) is 5.14. The second-order valence-corrected chi connectivity index (χ2v) is 7.08. The lowest BCUT2D eigenvalue weighted by molar-refractivity contribution is -0.123. The molecule has 0 aromatic heterocycles. The van der Waals surface area contributed by atoms with E-state index >= 15 is 0 Å². The Labute approximate surface area is 179 Å². The number of amides is 2. The number of imide groups is 1. The summed E-state index contributed by atoms with van der Waals surface area (Å²) < 4.78 is 5.16. The first-order valence-corrected chi connectivity index (χ1v) is 9.61. The van der Waals surface area contributed by atoms with Crippen LogP contribution >= 0.6 is 0 Å². The summed E-state index contributed by atoms with van der Waals surface area (Å²) in [7, 11) is 1.57. The van der Waals surface area contributed by atoms with E-state index in [0.717, 1.165) is 5.56 Å². The van der Waals surface area contributed by atoms with Gasteiger partial charge in [-0.25, -0.2) is 4.79 Å². The molecular formula is C25H19NO5. The summed E-state index contributed by atoms with van der Waals surface area (Å²) in [6.45, 7) is 0.130. The van der Waals surface area contributed by atoms with Gasteiger partial charge in [-0.1, -0.05) is 42.5 Å². The lowest BCUT2D eigenvalue weighted by Crippen LogP contribution is -2.41. The van der Waals surface area contributed by atoms with Crippen LogP contribution in [0.5, 0.6) is 5.75 Å². The van der Waals surface area contributed by atoms with Gasteiger partial charge in [0.1, 0.15) is 5.75 Å². The third kappa shape index (κ3) is 3.96. The highest BCUT2D eigenvalue weighted by molar-refractivity contribution is 6.33. The second-order valence-electron chi connectivity index (χ2n) is 7.08. The van der Waals surface area contributed by atoms with Crippen molar-refractivity contribution in [3.63, 3.8) is 0 Å². The first-order chi connectivity index (χ1) is 15.0. The molecule has 6 nitrogen and oxygen atoms in total. The molecule has 1 heterocycles. The van der Waals surface area contributed by atoms with Crippen molar-refractivity contribution in [3.05, 3.63) is 101 Å². The monoisotopic (exact) mass is 413 g/mol. The third-order valence-corrected chi connectivity index (χ3v) is 5.14. The van der Waals surface area contributed by atoms with Gasteiger partial charge in [0.2, 0.25) is 0 Å². The average Bonchev–Trinajstić information content (AvgIpc) is 2.80. The van der Waals surface area contributed by atoms with Gasteiger partial charge in [0, 0.05) is 11.1 Å². The fourth-order valence-corrected chi connectivity index (χ4v) is 3.49. The van der Waals surface area contributed by atoms with Crippen LogP contribution in [-0.4, -0.2) is 34.9 Å². The first-order valence-electron chi connectivity index (χ1n) is 9.61. The van der Waals surface area contributed by atoms with Gasteiger partial charge in [-0.05, 0) is 53.1 Å². The number of methoxy groups -OCH3 is 1. The number of carbonyl (C=O) groups excluding carboxylic acids is 2. The molecule has 0 spiro atoms. The van der Waals surface area contributed by atoms with Gasteiger partial charge in [-0.15, -0.1) is 0 Å². The van der Waals surface area contributed by atoms with Gasteiger partial charge in [0.15, 0.2) is 0 Å². The van der Waals surface area contributed by atoms with Crippen molar-refractivity contribution < 1.29 is 24.2 Å². The number of ether oxygens (including phenoxy) is 1. The Morgan fingerprint density at radius 1 is 0.903 bits per heavy atom. The number of hydrogen-bond acceptors (Lipinski definition) is 4. The summed E-state index contributed by atoms with van der Waals surface area (Å²) >= 11 is 0. The van der Waals surface area contributed by atoms with E-state index in [2.05, 4.69) is 0 Å². The largest absolute Gasteiger partial charge is 0.497 e. The predicted molar refractivity (Wildman–Crippen MR) is 116 cm³/mol. The first kappa shape index (κ1) is 20.1. The van der Waals surface area contributed by atoms with E-state index in [-0.39, 0.29) is 18.0 Å². The summed E-state index contributed by atoms with van der Waals surface area (Å²) in [5, 5.41) is 9.08. The number of benzene rings is 3. The minimum atomic E-state index is -1.02. The Morgan fingerprint density at radius 2 is 1.55 bits per heavy atom. The van der Waals surface area contributed by atoms with Crippen molar-refractivity contribution in [3.8, 4) is 5.75 Å². The van der Waals surface area contributed by atoms with Crippen LogP contribution in [0.15, 0.2) is 72.8 Å². The van der Waals surface area contributed by atoms with Crippen molar-refractivity contribution in [1.29, 1.82) is 0 Å². The van der Waals surface area contributed by atoms with E-state index < -0.39 is 11.9 Å². The van der Waals surface area contributed by atoms with Crippen molar-refractivity contribution in [2.45, 2.75) is 6.54 Å². The van der Waals surface area contributed by atoms with E-state index in [1.165, 1.54) is 17.0 Å². The van der Waals surface area contributed by atoms with Gasteiger partial charge < -0.3 is 9.84 Å². The molecule has 0 atom stereocenters. The summed E-state index contributed by atoms with van der Waals surface area (Å²) in [5.41, 5.74) is 3.02. The molecule has 154 valence electrons. The average molecular weight is 413 g/mol. The quantitative estimate of drug-likeness (QED) is 0.503. The molecule has 0 saturated carbocycles. The second kappa shape index (κ2) is 8.28. The van der Waals surface area contributed by atoms with Gasteiger partial charge in [-0.3, -0.25) is 14.5 Å². The van der Waals surface area contributed by atoms with E-state index in [9.17, 15) is 14.4 Å². The van der Waals surface area contributed by atoms with E-state index in [1.807, 2.05) is 12.1 Å².